The topological polar surface area (TPSA) is 41.9 Å². The van der Waals surface area contributed by atoms with Gasteiger partial charge in [0, 0.05) is 5.75 Å². The van der Waals surface area contributed by atoms with Gasteiger partial charge >= 0.3 is 0 Å². The average Bonchev–Trinajstić information content (AvgIpc) is 3.02. The van der Waals surface area contributed by atoms with Gasteiger partial charge in [-0.1, -0.05) is 36.0 Å². The van der Waals surface area contributed by atoms with Gasteiger partial charge in [0.25, 0.3) is 5.91 Å². The van der Waals surface area contributed by atoms with Gasteiger partial charge in [-0.2, -0.15) is 0 Å². The normalized spacial score (nSPS) is 15.4. The van der Waals surface area contributed by atoms with E-state index in [1.807, 2.05) is 30.3 Å². The highest BCUT2D eigenvalue weighted by Gasteiger charge is 2.28. The average molecular weight is 304 g/mol. The third kappa shape index (κ3) is 4.19. The predicted molar refractivity (Wildman–Crippen MR) is 88.9 cm³/mol. The quantitative estimate of drug-likeness (QED) is 0.599. The summed E-state index contributed by atoms with van der Waals surface area (Å²) in [6, 6.07) is 9.59. The van der Waals surface area contributed by atoms with Crippen molar-refractivity contribution in [3.05, 3.63) is 43.0 Å². The van der Waals surface area contributed by atoms with E-state index in [1.54, 1.807) is 29.7 Å². The summed E-state index contributed by atoms with van der Waals surface area (Å²) < 4.78 is 5.58. The Balaban J connectivity index is 2.15. The smallest absolute Gasteiger partial charge is 0.261 e. The minimum absolute atomic E-state index is 0.0848. The lowest BCUT2D eigenvalue weighted by Crippen LogP contribution is -2.42. The van der Waals surface area contributed by atoms with E-state index in [9.17, 15) is 4.79 Å². The molecule has 1 atom stereocenters. The van der Waals surface area contributed by atoms with Crippen molar-refractivity contribution in [2.45, 2.75) is 19.4 Å². The van der Waals surface area contributed by atoms with E-state index >= 15 is 0 Å². The van der Waals surface area contributed by atoms with Crippen molar-refractivity contribution in [3.63, 3.8) is 0 Å². The molecule has 112 valence electrons. The van der Waals surface area contributed by atoms with Crippen LogP contribution in [0.3, 0.4) is 0 Å². The number of amidine groups is 1. The van der Waals surface area contributed by atoms with E-state index in [4.69, 9.17) is 4.74 Å². The summed E-state index contributed by atoms with van der Waals surface area (Å²) in [5, 5.41) is 0.755. The van der Waals surface area contributed by atoms with Gasteiger partial charge in [0.05, 0.1) is 18.8 Å². The number of rotatable bonds is 6. The zero-order valence-corrected chi connectivity index (χ0v) is 13.0. The summed E-state index contributed by atoms with van der Waals surface area (Å²) in [6.07, 6.45) is 2.01. The molecule has 4 nitrogen and oxygen atoms in total. The third-order valence-corrected chi connectivity index (χ3v) is 3.99. The maximum absolute atomic E-state index is 12.7. The van der Waals surface area contributed by atoms with Crippen LogP contribution < -0.4 is 4.90 Å². The molecule has 0 N–H and O–H groups in total. The van der Waals surface area contributed by atoms with Crippen LogP contribution >= 0.6 is 11.8 Å². The molecule has 0 fully saturated rings. The van der Waals surface area contributed by atoms with Gasteiger partial charge in [-0.15, -0.1) is 6.58 Å². The van der Waals surface area contributed by atoms with Crippen LogP contribution in [-0.2, 0) is 9.53 Å². The number of hydrogen-bond acceptors (Lipinski definition) is 4. The van der Waals surface area contributed by atoms with Gasteiger partial charge in [0.15, 0.2) is 5.17 Å². The maximum atomic E-state index is 12.7. The second kappa shape index (κ2) is 8.00. The molecule has 1 aromatic carbocycles. The molecule has 0 aromatic heterocycles. The lowest BCUT2D eigenvalue weighted by molar-refractivity contribution is -0.127. The number of hydrogen-bond donors (Lipinski definition) is 0. The Morgan fingerprint density at radius 1 is 1.52 bits per heavy atom. The van der Waals surface area contributed by atoms with Crippen LogP contribution in [0.25, 0.3) is 0 Å². The van der Waals surface area contributed by atoms with Gasteiger partial charge in [-0.3, -0.25) is 14.7 Å². The third-order valence-electron chi connectivity index (χ3n) is 3.03. The van der Waals surface area contributed by atoms with Crippen LogP contribution in [0.1, 0.15) is 13.3 Å². The molecular weight excluding hydrogens is 284 g/mol. The molecule has 0 spiro atoms. The van der Waals surface area contributed by atoms with Gasteiger partial charge in [0.1, 0.15) is 6.10 Å². The number of anilines is 1. The van der Waals surface area contributed by atoms with E-state index in [1.165, 1.54) is 0 Å². The summed E-state index contributed by atoms with van der Waals surface area (Å²) in [6.45, 7) is 6.68. The van der Waals surface area contributed by atoms with E-state index in [0.29, 0.717) is 6.61 Å². The van der Waals surface area contributed by atoms with Crippen molar-refractivity contribution in [2.24, 2.45) is 4.99 Å². The molecule has 0 bridgehead atoms. The van der Waals surface area contributed by atoms with Crippen LogP contribution in [0.5, 0.6) is 0 Å². The molecule has 0 radical (unpaired) electrons. The Morgan fingerprint density at radius 2 is 2.29 bits per heavy atom. The number of amides is 1. The van der Waals surface area contributed by atoms with Crippen molar-refractivity contribution in [3.8, 4) is 0 Å². The van der Waals surface area contributed by atoms with Crippen LogP contribution in [-0.4, -0.2) is 36.1 Å². The van der Waals surface area contributed by atoms with Crippen molar-refractivity contribution < 1.29 is 9.53 Å². The Morgan fingerprint density at radius 3 is 2.90 bits per heavy atom. The Labute approximate surface area is 129 Å². The fraction of sp³-hybridized carbons (Fsp3) is 0.375. The molecule has 0 saturated carbocycles. The number of thioether (sulfide) groups is 1. The number of aliphatic imine (C=N–C) groups is 1. The summed E-state index contributed by atoms with van der Waals surface area (Å²) >= 11 is 1.60. The number of carbonyl (C=O) groups is 1. The van der Waals surface area contributed by atoms with Crippen LogP contribution in [0.15, 0.2) is 48.0 Å². The van der Waals surface area contributed by atoms with Crippen molar-refractivity contribution in [2.75, 3.05) is 23.8 Å². The lowest BCUT2D eigenvalue weighted by Gasteiger charge is -2.25. The predicted octanol–water partition coefficient (Wildman–Crippen LogP) is 3.10. The first-order valence-electron chi connectivity index (χ1n) is 7.03. The van der Waals surface area contributed by atoms with Crippen LogP contribution in [0, 0.1) is 0 Å². The molecule has 1 aliphatic rings. The molecule has 1 aliphatic heterocycles. The number of benzene rings is 1. The largest absolute Gasteiger partial charge is 0.368 e. The van der Waals surface area contributed by atoms with Crippen LogP contribution in [0.4, 0.5) is 5.69 Å². The minimum Gasteiger partial charge on any atom is -0.368 e. The first-order valence-corrected chi connectivity index (χ1v) is 8.01. The summed E-state index contributed by atoms with van der Waals surface area (Å²) in [5.74, 6) is 0.830. The standard InChI is InChI=1S/C16H20N2O2S/c1-3-4-11-20-13(2)15(19)18(16-17-10-12-21-16)14-8-6-5-7-9-14/h3,5-9,13H,1,4,10-12H2,2H3. The first kappa shape index (κ1) is 15.8. The molecule has 1 amide bonds. The van der Waals surface area contributed by atoms with Crippen molar-refractivity contribution >= 4 is 28.5 Å². The van der Waals surface area contributed by atoms with E-state index in [2.05, 4.69) is 11.6 Å². The molecule has 21 heavy (non-hydrogen) atoms. The summed E-state index contributed by atoms with van der Waals surface area (Å²) in [4.78, 5) is 18.8. The SMILES string of the molecule is C=CCCOC(C)C(=O)N(C1=NCCS1)c1ccccc1. The molecule has 1 aromatic rings. The number of para-hydroxylation sites is 1. The maximum Gasteiger partial charge on any atom is 0.261 e. The summed E-state index contributed by atoms with van der Waals surface area (Å²) in [5.41, 5.74) is 0.829. The van der Waals surface area contributed by atoms with E-state index in [-0.39, 0.29) is 5.91 Å². The van der Waals surface area contributed by atoms with E-state index < -0.39 is 6.10 Å². The van der Waals surface area contributed by atoms with Gasteiger partial charge < -0.3 is 4.74 Å². The van der Waals surface area contributed by atoms with E-state index in [0.717, 1.165) is 29.6 Å². The van der Waals surface area contributed by atoms with Crippen molar-refractivity contribution in [1.82, 2.24) is 0 Å². The Bertz CT molecular complexity index is 516. The summed E-state index contributed by atoms with van der Waals surface area (Å²) in [7, 11) is 0. The zero-order chi connectivity index (χ0) is 15.1. The van der Waals surface area contributed by atoms with Gasteiger partial charge in [-0.25, -0.2) is 0 Å². The molecule has 5 heteroatoms. The second-order valence-electron chi connectivity index (χ2n) is 4.61. The Hall–Kier alpha value is -1.59. The molecule has 1 unspecified atom stereocenters. The second-order valence-corrected chi connectivity index (χ2v) is 5.67. The highest BCUT2D eigenvalue weighted by atomic mass is 32.2. The fourth-order valence-electron chi connectivity index (χ4n) is 1.95. The lowest BCUT2D eigenvalue weighted by atomic mass is 10.2. The molecule has 0 saturated heterocycles. The minimum atomic E-state index is -0.506. The number of ether oxygens (including phenoxy) is 1. The van der Waals surface area contributed by atoms with Gasteiger partial charge in [-0.05, 0) is 25.5 Å². The van der Waals surface area contributed by atoms with Crippen molar-refractivity contribution in [1.29, 1.82) is 0 Å². The zero-order valence-electron chi connectivity index (χ0n) is 12.2. The molecular formula is C16H20N2O2S. The highest BCUT2D eigenvalue weighted by molar-refractivity contribution is 8.14. The van der Waals surface area contributed by atoms with Crippen LogP contribution in [0.2, 0.25) is 0 Å². The fourth-order valence-corrected chi connectivity index (χ4v) is 2.82. The van der Waals surface area contributed by atoms with Gasteiger partial charge in [0.2, 0.25) is 0 Å². The Kier molecular flexibility index (Phi) is 6.02. The molecule has 0 aliphatic carbocycles. The highest BCUT2D eigenvalue weighted by Crippen LogP contribution is 2.24. The molecule has 1 heterocycles. The number of carbonyl (C=O) groups excluding carboxylic acids is 1. The first-order chi connectivity index (χ1) is 10.2. The number of nitrogens with zero attached hydrogens (tertiary/aromatic N) is 2. The molecule has 2 rings (SSSR count). The monoisotopic (exact) mass is 304 g/mol.